The van der Waals surface area contributed by atoms with E-state index in [1.165, 1.54) is 22.5 Å². The Morgan fingerprint density at radius 1 is 1.14 bits per heavy atom. The van der Waals surface area contributed by atoms with E-state index in [0.717, 1.165) is 24.4 Å². The monoisotopic (exact) mass is 295 g/mol. The van der Waals surface area contributed by atoms with Crippen molar-refractivity contribution in [1.29, 1.82) is 0 Å². The van der Waals surface area contributed by atoms with Crippen molar-refractivity contribution in [2.45, 2.75) is 40.3 Å². The minimum atomic E-state index is 0.311. The van der Waals surface area contributed by atoms with Crippen molar-refractivity contribution < 1.29 is 0 Å². The Balaban J connectivity index is 2.04. The van der Waals surface area contributed by atoms with Crippen LogP contribution in [0, 0.1) is 20.8 Å². The fraction of sp³-hybridized carbons (Fsp3) is 0.421. The molecule has 1 aliphatic rings. The van der Waals surface area contributed by atoms with Crippen LogP contribution >= 0.6 is 0 Å². The normalized spacial score (nSPS) is 18.1. The van der Waals surface area contributed by atoms with Gasteiger partial charge in [0.25, 0.3) is 0 Å². The highest BCUT2D eigenvalue weighted by molar-refractivity contribution is 5.63. The molecule has 0 bridgehead atoms. The molecule has 0 spiro atoms. The molecule has 0 N–H and O–H groups in total. The number of benzene rings is 1. The second-order valence-corrected chi connectivity index (χ2v) is 6.33. The molecule has 1 aromatic carbocycles. The summed E-state index contributed by atoms with van der Waals surface area (Å²) in [6.07, 6.45) is 1.38. The first-order chi connectivity index (χ1) is 10.5. The minimum Gasteiger partial charge on any atom is -0.354 e. The summed E-state index contributed by atoms with van der Waals surface area (Å²) < 4.78 is 0. The highest BCUT2D eigenvalue weighted by Crippen LogP contribution is 2.32. The predicted molar refractivity (Wildman–Crippen MR) is 93.8 cm³/mol. The minimum absolute atomic E-state index is 0.311. The second-order valence-electron chi connectivity index (χ2n) is 6.33. The second kappa shape index (κ2) is 5.64. The van der Waals surface area contributed by atoms with Crippen molar-refractivity contribution >= 4 is 11.4 Å². The van der Waals surface area contributed by atoms with Gasteiger partial charge in [0.15, 0.2) is 0 Å². The molecule has 1 aromatic heterocycles. The van der Waals surface area contributed by atoms with Crippen LogP contribution in [0.2, 0.25) is 0 Å². The molecule has 3 rings (SSSR count). The summed E-state index contributed by atoms with van der Waals surface area (Å²) in [5.41, 5.74) is 7.60. The van der Waals surface area contributed by atoms with Gasteiger partial charge in [-0.3, -0.25) is 4.98 Å². The van der Waals surface area contributed by atoms with Gasteiger partial charge in [0.05, 0.1) is 17.5 Å². The maximum absolute atomic E-state index is 4.69. The molecular weight excluding hydrogens is 270 g/mol. The van der Waals surface area contributed by atoms with Crippen molar-refractivity contribution in [2.24, 2.45) is 0 Å². The van der Waals surface area contributed by atoms with Gasteiger partial charge >= 0.3 is 0 Å². The lowest BCUT2D eigenvalue weighted by atomic mass is 10.1. The number of aryl methyl sites for hydroxylation is 3. The van der Waals surface area contributed by atoms with Crippen molar-refractivity contribution in [3.05, 3.63) is 52.8 Å². The van der Waals surface area contributed by atoms with Gasteiger partial charge in [-0.2, -0.15) is 0 Å². The lowest BCUT2D eigenvalue weighted by molar-refractivity contribution is 0.633. The summed E-state index contributed by atoms with van der Waals surface area (Å²) in [5, 5.41) is 0. The van der Waals surface area contributed by atoms with Gasteiger partial charge in [-0.15, -0.1) is 0 Å². The summed E-state index contributed by atoms with van der Waals surface area (Å²) in [6.45, 7) is 9.69. The van der Waals surface area contributed by atoms with Crippen LogP contribution in [0.25, 0.3) is 0 Å². The fourth-order valence-electron chi connectivity index (χ4n) is 3.65. The average molecular weight is 295 g/mol. The summed E-state index contributed by atoms with van der Waals surface area (Å²) in [4.78, 5) is 9.56. The van der Waals surface area contributed by atoms with Gasteiger partial charge in [-0.25, -0.2) is 0 Å². The third kappa shape index (κ3) is 2.45. The van der Waals surface area contributed by atoms with Crippen LogP contribution in [0.3, 0.4) is 0 Å². The number of hydrogen-bond acceptors (Lipinski definition) is 3. The predicted octanol–water partition coefficient (Wildman–Crippen LogP) is 3.85. The number of pyridine rings is 1. The van der Waals surface area contributed by atoms with E-state index >= 15 is 0 Å². The number of fused-ring (bicyclic) bond motifs is 1. The molecular formula is C19H25N3. The van der Waals surface area contributed by atoms with Crippen LogP contribution < -0.4 is 9.80 Å². The van der Waals surface area contributed by atoms with Gasteiger partial charge in [-0.1, -0.05) is 18.2 Å². The first-order valence-electron chi connectivity index (χ1n) is 8.01. The molecule has 1 aliphatic heterocycles. The highest BCUT2D eigenvalue weighted by atomic mass is 15.4. The van der Waals surface area contributed by atoms with E-state index in [-0.39, 0.29) is 0 Å². The first kappa shape index (κ1) is 14.9. The molecule has 1 atom stereocenters. The summed E-state index contributed by atoms with van der Waals surface area (Å²) in [5.74, 6) is 0. The van der Waals surface area contributed by atoms with Gasteiger partial charge in [0.2, 0.25) is 0 Å². The Kier molecular flexibility index (Phi) is 3.81. The van der Waals surface area contributed by atoms with Crippen LogP contribution in [-0.4, -0.2) is 24.7 Å². The number of aromatic nitrogens is 1. The SMILES string of the molecule is Cc1cc(C)c(N2CCc3ccccc3N(C)C2C)c(C)n1. The fourth-order valence-corrected chi connectivity index (χ4v) is 3.65. The van der Waals surface area contributed by atoms with E-state index in [2.05, 4.69) is 79.9 Å². The molecule has 0 amide bonds. The largest absolute Gasteiger partial charge is 0.354 e. The molecule has 0 saturated heterocycles. The maximum atomic E-state index is 4.69. The smallest absolute Gasteiger partial charge is 0.0984 e. The zero-order chi connectivity index (χ0) is 15.9. The summed E-state index contributed by atoms with van der Waals surface area (Å²) >= 11 is 0. The van der Waals surface area contributed by atoms with Crippen molar-refractivity contribution in [1.82, 2.24) is 4.98 Å². The van der Waals surface area contributed by atoms with Gasteiger partial charge in [0.1, 0.15) is 0 Å². The lowest BCUT2D eigenvalue weighted by Gasteiger charge is -2.37. The number of anilines is 2. The number of rotatable bonds is 1. The van der Waals surface area contributed by atoms with Crippen molar-refractivity contribution in [3.8, 4) is 0 Å². The van der Waals surface area contributed by atoms with E-state index in [1.54, 1.807) is 0 Å². The molecule has 0 fully saturated rings. The Hall–Kier alpha value is -2.03. The van der Waals surface area contributed by atoms with Crippen LogP contribution in [0.1, 0.15) is 29.4 Å². The molecule has 116 valence electrons. The number of para-hydroxylation sites is 1. The van der Waals surface area contributed by atoms with Crippen molar-refractivity contribution in [3.63, 3.8) is 0 Å². The Morgan fingerprint density at radius 2 is 1.86 bits per heavy atom. The van der Waals surface area contributed by atoms with Gasteiger partial charge in [-0.05, 0) is 57.4 Å². The van der Waals surface area contributed by atoms with Crippen molar-refractivity contribution in [2.75, 3.05) is 23.4 Å². The van der Waals surface area contributed by atoms with E-state index < -0.39 is 0 Å². The zero-order valence-corrected chi connectivity index (χ0v) is 14.2. The molecule has 0 saturated carbocycles. The van der Waals surface area contributed by atoms with Crippen LogP contribution in [0.5, 0.6) is 0 Å². The average Bonchev–Trinajstić information content (AvgIpc) is 2.59. The summed E-state index contributed by atoms with van der Waals surface area (Å²) in [6, 6.07) is 10.9. The van der Waals surface area contributed by atoms with Crippen LogP contribution in [-0.2, 0) is 6.42 Å². The first-order valence-corrected chi connectivity index (χ1v) is 8.01. The Morgan fingerprint density at radius 3 is 2.59 bits per heavy atom. The Labute approximate surface area is 133 Å². The third-order valence-electron chi connectivity index (χ3n) is 4.78. The molecule has 22 heavy (non-hydrogen) atoms. The highest BCUT2D eigenvalue weighted by Gasteiger charge is 2.26. The van der Waals surface area contributed by atoms with E-state index in [1.807, 2.05) is 0 Å². The number of hydrogen-bond donors (Lipinski definition) is 0. The molecule has 2 aromatic rings. The molecule has 0 aliphatic carbocycles. The van der Waals surface area contributed by atoms with Crippen LogP contribution in [0.15, 0.2) is 30.3 Å². The zero-order valence-electron chi connectivity index (χ0n) is 14.2. The molecule has 1 unspecified atom stereocenters. The molecule has 3 nitrogen and oxygen atoms in total. The molecule has 0 radical (unpaired) electrons. The third-order valence-corrected chi connectivity index (χ3v) is 4.78. The van der Waals surface area contributed by atoms with Gasteiger partial charge < -0.3 is 9.80 Å². The summed E-state index contributed by atoms with van der Waals surface area (Å²) in [7, 11) is 2.19. The van der Waals surface area contributed by atoms with E-state index in [0.29, 0.717) is 6.17 Å². The van der Waals surface area contributed by atoms with E-state index in [4.69, 9.17) is 0 Å². The lowest BCUT2D eigenvalue weighted by Crippen LogP contribution is -2.45. The molecule has 2 heterocycles. The van der Waals surface area contributed by atoms with E-state index in [9.17, 15) is 0 Å². The molecule has 3 heteroatoms. The standard InChI is InChI=1S/C19H25N3/c1-13-12-14(2)20-15(3)19(13)22-11-10-17-8-6-7-9-18(17)21(5)16(22)4/h6-9,12,16H,10-11H2,1-5H3. The maximum Gasteiger partial charge on any atom is 0.0984 e. The van der Waals surface area contributed by atoms with Gasteiger partial charge in [0, 0.05) is 25.0 Å². The topological polar surface area (TPSA) is 19.4 Å². The quantitative estimate of drug-likeness (QED) is 0.796. The number of nitrogens with zero attached hydrogens (tertiary/aromatic N) is 3. The Bertz CT molecular complexity index is 670. The van der Waals surface area contributed by atoms with Crippen LogP contribution in [0.4, 0.5) is 11.4 Å².